The van der Waals surface area contributed by atoms with E-state index < -0.39 is 0 Å². The molecule has 2 atom stereocenters. The lowest BCUT2D eigenvalue weighted by atomic mass is 9.90. The number of morpholine rings is 1. The SMILES string of the molecule is CN(C[C@@H]1Cc2c(cccc2NCCN2CCOCC2)CN1)[C@H]1CCCc2cccnc21. The molecule has 3 aliphatic rings. The minimum atomic E-state index is 0.435. The molecular weight excluding hydrogens is 398 g/mol. The molecule has 0 spiro atoms. The summed E-state index contributed by atoms with van der Waals surface area (Å²) in [6, 6.07) is 12.0. The van der Waals surface area contributed by atoms with E-state index in [1.54, 1.807) is 0 Å². The summed E-state index contributed by atoms with van der Waals surface area (Å²) < 4.78 is 5.47. The topological polar surface area (TPSA) is 52.7 Å². The summed E-state index contributed by atoms with van der Waals surface area (Å²) in [7, 11) is 2.28. The Labute approximate surface area is 192 Å². The van der Waals surface area contributed by atoms with Crippen LogP contribution in [0.15, 0.2) is 36.5 Å². The summed E-state index contributed by atoms with van der Waals surface area (Å²) in [5.74, 6) is 0. The molecule has 2 N–H and O–H groups in total. The van der Waals surface area contributed by atoms with Gasteiger partial charge in [-0.1, -0.05) is 18.2 Å². The Morgan fingerprint density at radius 2 is 2.06 bits per heavy atom. The molecule has 172 valence electrons. The zero-order valence-electron chi connectivity index (χ0n) is 19.4. The smallest absolute Gasteiger partial charge is 0.0607 e. The second-order valence-corrected chi connectivity index (χ2v) is 9.50. The second kappa shape index (κ2) is 10.3. The third kappa shape index (κ3) is 4.99. The number of aromatic nitrogens is 1. The van der Waals surface area contributed by atoms with Gasteiger partial charge in [-0.15, -0.1) is 0 Å². The van der Waals surface area contributed by atoms with Crippen LogP contribution < -0.4 is 10.6 Å². The predicted octanol–water partition coefficient (Wildman–Crippen LogP) is 2.85. The van der Waals surface area contributed by atoms with Crippen LogP contribution in [0, 0.1) is 0 Å². The largest absolute Gasteiger partial charge is 0.384 e. The number of hydrogen-bond acceptors (Lipinski definition) is 6. The van der Waals surface area contributed by atoms with Crippen molar-refractivity contribution in [3.8, 4) is 0 Å². The molecule has 2 aromatic rings. The van der Waals surface area contributed by atoms with Crippen molar-refractivity contribution >= 4 is 5.69 Å². The standard InChI is InChI=1S/C26H37N5O/c1-30(25-9-3-5-20-7-4-10-28-26(20)25)19-22-17-23-21(18-29-22)6-2-8-24(23)27-11-12-31-13-15-32-16-14-31/h2,4,6-8,10,22,25,27,29H,3,5,9,11-19H2,1H3/t22-,25-/m0/s1. The van der Waals surface area contributed by atoms with Crippen molar-refractivity contribution in [3.63, 3.8) is 0 Å². The number of aryl methyl sites for hydroxylation is 1. The van der Waals surface area contributed by atoms with Crippen LogP contribution in [0.25, 0.3) is 0 Å². The Morgan fingerprint density at radius 3 is 2.97 bits per heavy atom. The van der Waals surface area contributed by atoms with Crippen LogP contribution in [0.2, 0.25) is 0 Å². The van der Waals surface area contributed by atoms with Gasteiger partial charge in [0.05, 0.1) is 24.9 Å². The van der Waals surface area contributed by atoms with Gasteiger partial charge < -0.3 is 15.4 Å². The van der Waals surface area contributed by atoms with Crippen molar-refractivity contribution in [2.75, 3.05) is 58.3 Å². The number of rotatable bonds is 7. The Bertz CT molecular complexity index is 898. The van der Waals surface area contributed by atoms with E-state index in [4.69, 9.17) is 9.72 Å². The van der Waals surface area contributed by atoms with E-state index in [-0.39, 0.29) is 0 Å². The molecule has 32 heavy (non-hydrogen) atoms. The lowest BCUT2D eigenvalue weighted by molar-refractivity contribution is 0.0398. The highest BCUT2D eigenvalue weighted by atomic mass is 16.5. The minimum Gasteiger partial charge on any atom is -0.384 e. The van der Waals surface area contributed by atoms with Crippen molar-refractivity contribution in [2.24, 2.45) is 0 Å². The first kappa shape index (κ1) is 21.8. The van der Waals surface area contributed by atoms with Crippen molar-refractivity contribution in [1.29, 1.82) is 0 Å². The van der Waals surface area contributed by atoms with Gasteiger partial charge in [-0.25, -0.2) is 0 Å². The average molecular weight is 436 g/mol. The van der Waals surface area contributed by atoms with Crippen LogP contribution in [-0.2, 0) is 24.1 Å². The molecule has 1 fully saturated rings. The highest BCUT2D eigenvalue weighted by molar-refractivity contribution is 5.56. The zero-order chi connectivity index (χ0) is 21.8. The van der Waals surface area contributed by atoms with E-state index >= 15 is 0 Å². The van der Waals surface area contributed by atoms with E-state index in [9.17, 15) is 0 Å². The number of ether oxygens (including phenoxy) is 1. The molecule has 1 aliphatic carbocycles. The number of hydrogen-bond donors (Lipinski definition) is 2. The van der Waals surface area contributed by atoms with Gasteiger partial charge in [0, 0.05) is 57.2 Å². The maximum absolute atomic E-state index is 5.47. The number of benzene rings is 1. The molecule has 0 radical (unpaired) electrons. The van der Waals surface area contributed by atoms with Gasteiger partial charge in [0.2, 0.25) is 0 Å². The van der Waals surface area contributed by atoms with Gasteiger partial charge in [0.1, 0.15) is 0 Å². The Kier molecular flexibility index (Phi) is 7.03. The first-order chi connectivity index (χ1) is 15.8. The fraction of sp³-hybridized carbons (Fsp3) is 0.577. The molecule has 0 amide bonds. The average Bonchev–Trinajstić information content (AvgIpc) is 2.84. The fourth-order valence-electron chi connectivity index (χ4n) is 5.57. The van der Waals surface area contributed by atoms with Crippen LogP contribution in [0.5, 0.6) is 0 Å². The highest BCUT2D eigenvalue weighted by Crippen LogP contribution is 2.33. The van der Waals surface area contributed by atoms with Gasteiger partial charge in [-0.3, -0.25) is 14.8 Å². The third-order valence-electron chi connectivity index (χ3n) is 7.36. The normalized spacial score (nSPS) is 23.6. The first-order valence-corrected chi connectivity index (χ1v) is 12.3. The van der Waals surface area contributed by atoms with Gasteiger partial charge in [0.15, 0.2) is 0 Å². The number of nitrogens with one attached hydrogen (secondary N) is 2. The molecule has 2 aliphatic heterocycles. The molecule has 6 heteroatoms. The van der Waals surface area contributed by atoms with Crippen LogP contribution in [-0.4, -0.2) is 73.8 Å². The van der Waals surface area contributed by atoms with Crippen molar-refractivity contribution in [1.82, 2.24) is 20.1 Å². The van der Waals surface area contributed by atoms with Crippen molar-refractivity contribution < 1.29 is 4.74 Å². The van der Waals surface area contributed by atoms with E-state index in [1.165, 1.54) is 47.3 Å². The number of nitrogens with zero attached hydrogens (tertiary/aromatic N) is 3. The van der Waals surface area contributed by atoms with Gasteiger partial charge >= 0.3 is 0 Å². The maximum atomic E-state index is 5.47. The van der Waals surface area contributed by atoms with Gasteiger partial charge in [-0.05, 0) is 61.6 Å². The predicted molar refractivity (Wildman–Crippen MR) is 129 cm³/mol. The maximum Gasteiger partial charge on any atom is 0.0607 e. The number of fused-ring (bicyclic) bond motifs is 2. The summed E-state index contributed by atoms with van der Waals surface area (Å²) in [4.78, 5) is 9.77. The van der Waals surface area contributed by atoms with Gasteiger partial charge in [-0.2, -0.15) is 0 Å². The number of pyridine rings is 1. The molecule has 1 saturated heterocycles. The first-order valence-electron chi connectivity index (χ1n) is 12.3. The highest BCUT2D eigenvalue weighted by Gasteiger charge is 2.28. The molecule has 5 rings (SSSR count). The Balaban J connectivity index is 1.21. The van der Waals surface area contributed by atoms with Crippen LogP contribution in [0.4, 0.5) is 5.69 Å². The lowest BCUT2D eigenvalue weighted by Gasteiger charge is -2.36. The molecule has 1 aromatic heterocycles. The van der Waals surface area contributed by atoms with Crippen LogP contribution >= 0.6 is 0 Å². The van der Waals surface area contributed by atoms with E-state index in [0.29, 0.717) is 12.1 Å². The molecular formula is C26H37N5O. The summed E-state index contributed by atoms with van der Waals surface area (Å²) in [5, 5.41) is 7.53. The summed E-state index contributed by atoms with van der Waals surface area (Å²) >= 11 is 0. The van der Waals surface area contributed by atoms with E-state index in [0.717, 1.165) is 58.9 Å². The van der Waals surface area contributed by atoms with Crippen LogP contribution in [0.1, 0.15) is 41.3 Å². The van der Waals surface area contributed by atoms with E-state index in [1.807, 2.05) is 6.20 Å². The second-order valence-electron chi connectivity index (χ2n) is 9.50. The number of anilines is 1. The monoisotopic (exact) mass is 435 g/mol. The van der Waals surface area contributed by atoms with Crippen LogP contribution in [0.3, 0.4) is 0 Å². The minimum absolute atomic E-state index is 0.435. The fourth-order valence-corrected chi connectivity index (χ4v) is 5.57. The van der Waals surface area contributed by atoms with E-state index in [2.05, 4.69) is 57.8 Å². The Morgan fingerprint density at radius 1 is 1.19 bits per heavy atom. The molecule has 0 unspecified atom stereocenters. The third-order valence-corrected chi connectivity index (χ3v) is 7.36. The molecule has 6 nitrogen and oxygen atoms in total. The summed E-state index contributed by atoms with van der Waals surface area (Å²) in [6.45, 7) is 7.88. The van der Waals surface area contributed by atoms with Gasteiger partial charge in [0.25, 0.3) is 0 Å². The molecule has 3 heterocycles. The molecule has 0 bridgehead atoms. The summed E-state index contributed by atoms with van der Waals surface area (Å²) in [5.41, 5.74) is 6.97. The molecule has 0 saturated carbocycles. The molecule has 1 aromatic carbocycles. The van der Waals surface area contributed by atoms with Crippen molar-refractivity contribution in [3.05, 3.63) is 58.9 Å². The van der Waals surface area contributed by atoms with Crippen molar-refractivity contribution in [2.45, 2.75) is 44.3 Å². The lowest BCUT2D eigenvalue weighted by Crippen LogP contribution is -2.45. The number of likely N-dealkylation sites (N-methyl/N-ethyl adjacent to an activating group) is 1. The quantitative estimate of drug-likeness (QED) is 0.698. The Hall–Kier alpha value is -1.99. The zero-order valence-corrected chi connectivity index (χ0v) is 19.4. The summed E-state index contributed by atoms with van der Waals surface area (Å²) in [6.07, 6.45) is 6.66.